The molecule has 0 bridgehead atoms. The molecule has 4 nitrogen and oxygen atoms in total. The SMILES string of the molecule is CCOc1cc(C=O)cc(Br)c1OCc1ccc(O)cc1. The summed E-state index contributed by atoms with van der Waals surface area (Å²) in [5, 5.41) is 9.26. The Morgan fingerprint density at radius 3 is 2.52 bits per heavy atom. The summed E-state index contributed by atoms with van der Waals surface area (Å²) in [5.74, 6) is 1.29. The summed E-state index contributed by atoms with van der Waals surface area (Å²) in [6.45, 7) is 2.68. The quantitative estimate of drug-likeness (QED) is 0.801. The van der Waals surface area contributed by atoms with Crippen LogP contribution in [0.4, 0.5) is 0 Å². The van der Waals surface area contributed by atoms with Crippen molar-refractivity contribution >= 4 is 22.2 Å². The minimum atomic E-state index is 0.213. The molecule has 0 aliphatic heterocycles. The number of hydrogen-bond acceptors (Lipinski definition) is 4. The number of carbonyl (C=O) groups is 1. The van der Waals surface area contributed by atoms with Crippen LogP contribution in [-0.2, 0) is 6.61 Å². The molecule has 0 heterocycles. The van der Waals surface area contributed by atoms with E-state index < -0.39 is 0 Å². The molecule has 2 aromatic rings. The standard InChI is InChI=1S/C16H15BrO4/c1-2-20-15-8-12(9-18)7-14(17)16(15)21-10-11-3-5-13(19)6-4-11/h3-9,19H,2,10H2,1H3. The van der Waals surface area contributed by atoms with Gasteiger partial charge in [-0.3, -0.25) is 4.79 Å². The maximum atomic E-state index is 10.9. The molecule has 0 aliphatic rings. The Hall–Kier alpha value is -2.01. The Bertz CT molecular complexity index is 623. The van der Waals surface area contributed by atoms with Gasteiger partial charge < -0.3 is 14.6 Å². The maximum Gasteiger partial charge on any atom is 0.175 e. The number of aldehydes is 1. The average Bonchev–Trinajstić information content (AvgIpc) is 2.48. The molecule has 110 valence electrons. The number of phenolic OH excluding ortho intramolecular Hbond substituents is 1. The largest absolute Gasteiger partial charge is 0.508 e. The molecule has 0 amide bonds. The molecule has 0 aliphatic carbocycles. The van der Waals surface area contributed by atoms with E-state index in [0.29, 0.717) is 34.7 Å². The lowest BCUT2D eigenvalue weighted by Crippen LogP contribution is -2.01. The normalized spacial score (nSPS) is 10.2. The van der Waals surface area contributed by atoms with Gasteiger partial charge in [0.1, 0.15) is 18.6 Å². The van der Waals surface area contributed by atoms with Crippen molar-refractivity contribution in [1.29, 1.82) is 0 Å². The highest BCUT2D eigenvalue weighted by Gasteiger charge is 2.12. The van der Waals surface area contributed by atoms with Gasteiger partial charge in [-0.1, -0.05) is 12.1 Å². The lowest BCUT2D eigenvalue weighted by Gasteiger charge is -2.14. The average molecular weight is 351 g/mol. The third-order valence-electron chi connectivity index (χ3n) is 2.79. The number of benzene rings is 2. The maximum absolute atomic E-state index is 10.9. The molecule has 0 saturated heterocycles. The van der Waals surface area contributed by atoms with Gasteiger partial charge in [-0.2, -0.15) is 0 Å². The first-order chi connectivity index (χ1) is 10.1. The topological polar surface area (TPSA) is 55.8 Å². The van der Waals surface area contributed by atoms with Gasteiger partial charge in [0.15, 0.2) is 11.5 Å². The molecule has 0 saturated carbocycles. The Morgan fingerprint density at radius 1 is 1.19 bits per heavy atom. The van der Waals surface area contributed by atoms with Gasteiger partial charge in [-0.25, -0.2) is 0 Å². The van der Waals surface area contributed by atoms with Crippen molar-refractivity contribution in [2.24, 2.45) is 0 Å². The molecule has 0 radical (unpaired) electrons. The second-order valence-electron chi connectivity index (χ2n) is 4.34. The highest BCUT2D eigenvalue weighted by molar-refractivity contribution is 9.10. The third-order valence-corrected chi connectivity index (χ3v) is 3.38. The minimum Gasteiger partial charge on any atom is -0.508 e. The molecule has 0 fully saturated rings. The van der Waals surface area contributed by atoms with Gasteiger partial charge in [0.2, 0.25) is 0 Å². The number of halogens is 1. The van der Waals surface area contributed by atoms with Crippen LogP contribution in [0, 0.1) is 0 Å². The van der Waals surface area contributed by atoms with Crippen LogP contribution in [-0.4, -0.2) is 18.0 Å². The zero-order chi connectivity index (χ0) is 15.2. The van der Waals surface area contributed by atoms with Crippen LogP contribution in [0.1, 0.15) is 22.8 Å². The first-order valence-corrected chi connectivity index (χ1v) is 7.25. The second-order valence-corrected chi connectivity index (χ2v) is 5.19. The van der Waals surface area contributed by atoms with Crippen LogP contribution in [0.5, 0.6) is 17.2 Å². The first-order valence-electron chi connectivity index (χ1n) is 6.46. The van der Waals surface area contributed by atoms with E-state index in [-0.39, 0.29) is 5.75 Å². The van der Waals surface area contributed by atoms with Gasteiger partial charge in [-0.05, 0) is 52.7 Å². The highest BCUT2D eigenvalue weighted by atomic mass is 79.9. The van der Waals surface area contributed by atoms with Crippen LogP contribution >= 0.6 is 15.9 Å². The minimum absolute atomic E-state index is 0.213. The summed E-state index contributed by atoms with van der Waals surface area (Å²) < 4.78 is 12.0. The number of hydrogen-bond donors (Lipinski definition) is 1. The zero-order valence-electron chi connectivity index (χ0n) is 11.5. The molecule has 21 heavy (non-hydrogen) atoms. The van der Waals surface area contributed by atoms with Gasteiger partial charge in [0.05, 0.1) is 11.1 Å². The number of phenols is 1. The number of carbonyl (C=O) groups excluding carboxylic acids is 1. The lowest BCUT2D eigenvalue weighted by molar-refractivity contribution is 0.112. The van der Waals surface area contributed by atoms with Crippen molar-refractivity contribution < 1.29 is 19.4 Å². The van der Waals surface area contributed by atoms with E-state index in [9.17, 15) is 9.90 Å². The Kier molecular flexibility index (Phi) is 5.22. The van der Waals surface area contributed by atoms with E-state index in [0.717, 1.165) is 11.8 Å². The fraction of sp³-hybridized carbons (Fsp3) is 0.188. The fourth-order valence-electron chi connectivity index (χ4n) is 1.81. The molecule has 0 unspecified atom stereocenters. The van der Waals surface area contributed by atoms with Crippen molar-refractivity contribution in [3.63, 3.8) is 0 Å². The zero-order valence-corrected chi connectivity index (χ0v) is 13.1. The number of ether oxygens (including phenoxy) is 2. The lowest BCUT2D eigenvalue weighted by atomic mass is 10.2. The molecule has 0 spiro atoms. The van der Waals surface area contributed by atoms with Crippen LogP contribution in [0.25, 0.3) is 0 Å². The molecular formula is C16H15BrO4. The molecule has 1 N–H and O–H groups in total. The fourth-order valence-corrected chi connectivity index (χ4v) is 2.38. The van der Waals surface area contributed by atoms with Crippen molar-refractivity contribution in [2.45, 2.75) is 13.5 Å². The van der Waals surface area contributed by atoms with Crippen molar-refractivity contribution in [1.82, 2.24) is 0 Å². The predicted molar refractivity (Wildman–Crippen MR) is 83.1 cm³/mol. The van der Waals surface area contributed by atoms with Crippen LogP contribution in [0.2, 0.25) is 0 Å². The molecule has 0 atom stereocenters. The Balaban J connectivity index is 2.21. The van der Waals surface area contributed by atoms with E-state index in [1.807, 2.05) is 6.92 Å². The summed E-state index contributed by atoms with van der Waals surface area (Å²) in [7, 11) is 0. The monoisotopic (exact) mass is 350 g/mol. The van der Waals surface area contributed by atoms with Gasteiger partial charge in [0, 0.05) is 5.56 Å². The number of aromatic hydroxyl groups is 1. The van der Waals surface area contributed by atoms with Crippen molar-refractivity contribution in [3.05, 3.63) is 52.0 Å². The van der Waals surface area contributed by atoms with E-state index in [2.05, 4.69) is 15.9 Å². The van der Waals surface area contributed by atoms with Crippen LogP contribution in [0.15, 0.2) is 40.9 Å². The summed E-state index contributed by atoms with van der Waals surface area (Å²) in [6.07, 6.45) is 0.761. The third kappa shape index (κ3) is 3.98. The summed E-state index contributed by atoms with van der Waals surface area (Å²) >= 11 is 3.39. The van der Waals surface area contributed by atoms with Crippen LogP contribution < -0.4 is 9.47 Å². The Morgan fingerprint density at radius 2 is 1.90 bits per heavy atom. The van der Waals surface area contributed by atoms with E-state index in [1.54, 1.807) is 36.4 Å². The van der Waals surface area contributed by atoms with Gasteiger partial charge in [-0.15, -0.1) is 0 Å². The summed E-state index contributed by atoms with van der Waals surface area (Å²) in [4.78, 5) is 10.9. The molecule has 2 aromatic carbocycles. The summed E-state index contributed by atoms with van der Waals surface area (Å²) in [6, 6.07) is 10.1. The molecule has 2 rings (SSSR count). The second kappa shape index (κ2) is 7.13. The van der Waals surface area contributed by atoms with Crippen molar-refractivity contribution in [3.8, 4) is 17.2 Å². The van der Waals surface area contributed by atoms with E-state index in [1.165, 1.54) is 0 Å². The van der Waals surface area contributed by atoms with Gasteiger partial charge in [0.25, 0.3) is 0 Å². The predicted octanol–water partition coefficient (Wildman–Crippen LogP) is 3.94. The van der Waals surface area contributed by atoms with Gasteiger partial charge >= 0.3 is 0 Å². The Labute approximate surface area is 131 Å². The van der Waals surface area contributed by atoms with Crippen LogP contribution in [0.3, 0.4) is 0 Å². The molecular weight excluding hydrogens is 336 g/mol. The highest BCUT2D eigenvalue weighted by Crippen LogP contribution is 2.37. The smallest absolute Gasteiger partial charge is 0.175 e. The summed E-state index contributed by atoms with van der Waals surface area (Å²) in [5.41, 5.74) is 1.43. The molecule has 5 heteroatoms. The first kappa shape index (κ1) is 15.4. The van der Waals surface area contributed by atoms with Crippen molar-refractivity contribution in [2.75, 3.05) is 6.61 Å². The number of rotatable bonds is 6. The van der Waals surface area contributed by atoms with E-state index in [4.69, 9.17) is 9.47 Å². The molecule has 0 aromatic heterocycles. The van der Waals surface area contributed by atoms with E-state index >= 15 is 0 Å².